The third-order valence-electron chi connectivity index (χ3n) is 3.58. The molecule has 0 saturated carbocycles. The number of rotatable bonds is 6. The highest BCUT2D eigenvalue weighted by atomic mass is 16.2. The monoisotopic (exact) mass is 249 g/mol. The van der Waals surface area contributed by atoms with Crippen LogP contribution in [0.1, 0.15) is 25.8 Å². The number of nitrogens with two attached hydrogens (primary N) is 1. The van der Waals surface area contributed by atoms with Gasteiger partial charge in [0.05, 0.1) is 5.41 Å². The zero-order valence-corrected chi connectivity index (χ0v) is 11.5. The lowest BCUT2D eigenvalue weighted by Gasteiger charge is -2.30. The molecule has 1 unspecified atom stereocenters. The molecule has 1 aromatic rings. The van der Waals surface area contributed by atoms with Gasteiger partial charge in [0.15, 0.2) is 0 Å². The van der Waals surface area contributed by atoms with Gasteiger partial charge in [-0.15, -0.1) is 0 Å². The van der Waals surface area contributed by atoms with Crippen molar-refractivity contribution < 1.29 is 4.79 Å². The lowest BCUT2D eigenvalue weighted by atomic mass is 9.86. The van der Waals surface area contributed by atoms with Crippen LogP contribution in [0.4, 0.5) is 0 Å². The maximum absolute atomic E-state index is 12.3. The minimum atomic E-state index is -0.438. The molecule has 2 N–H and O–H groups in total. The summed E-state index contributed by atoms with van der Waals surface area (Å²) in [7, 11) is 1.84. The van der Waals surface area contributed by atoms with Gasteiger partial charge in [0.2, 0.25) is 5.91 Å². The Kier molecular flexibility index (Phi) is 5.28. The van der Waals surface area contributed by atoms with E-state index in [1.807, 2.05) is 33.0 Å². The number of hydrogen-bond donors (Lipinski definition) is 1. The molecule has 0 aromatic carbocycles. The SMILES string of the molecule is CCC(C)(CN)C(=O)N(C)CCc1ccncc1. The average Bonchev–Trinajstić information content (AvgIpc) is 2.44. The highest BCUT2D eigenvalue weighted by Crippen LogP contribution is 2.22. The Morgan fingerprint density at radius 1 is 1.44 bits per heavy atom. The van der Waals surface area contributed by atoms with Crippen molar-refractivity contribution in [3.63, 3.8) is 0 Å². The van der Waals surface area contributed by atoms with Gasteiger partial charge in [-0.1, -0.05) is 6.92 Å². The Bertz CT molecular complexity index is 374. The Balaban J connectivity index is 2.55. The number of nitrogens with zero attached hydrogens (tertiary/aromatic N) is 2. The van der Waals surface area contributed by atoms with Gasteiger partial charge in [0, 0.05) is 32.5 Å². The van der Waals surface area contributed by atoms with Crippen molar-refractivity contribution in [2.24, 2.45) is 11.1 Å². The van der Waals surface area contributed by atoms with E-state index in [9.17, 15) is 4.79 Å². The van der Waals surface area contributed by atoms with Crippen LogP contribution in [0.3, 0.4) is 0 Å². The van der Waals surface area contributed by atoms with Crippen LogP contribution in [-0.2, 0) is 11.2 Å². The second-order valence-corrected chi connectivity index (χ2v) is 4.95. The summed E-state index contributed by atoms with van der Waals surface area (Å²) >= 11 is 0. The summed E-state index contributed by atoms with van der Waals surface area (Å²) in [6.45, 7) is 5.03. The summed E-state index contributed by atoms with van der Waals surface area (Å²) < 4.78 is 0. The minimum absolute atomic E-state index is 0.126. The molecule has 1 heterocycles. The molecule has 0 radical (unpaired) electrons. The molecule has 0 aliphatic heterocycles. The highest BCUT2D eigenvalue weighted by Gasteiger charge is 2.31. The molecule has 0 saturated heterocycles. The molecule has 1 amide bonds. The van der Waals surface area contributed by atoms with Crippen molar-refractivity contribution in [1.82, 2.24) is 9.88 Å². The second kappa shape index (κ2) is 6.50. The van der Waals surface area contributed by atoms with E-state index in [1.165, 1.54) is 5.56 Å². The van der Waals surface area contributed by atoms with Crippen LogP contribution in [0.5, 0.6) is 0 Å². The van der Waals surface area contributed by atoms with Crippen molar-refractivity contribution in [3.05, 3.63) is 30.1 Å². The predicted octanol–water partition coefficient (Wildman–Crippen LogP) is 1.46. The molecule has 4 heteroatoms. The van der Waals surface area contributed by atoms with Crippen LogP contribution in [-0.4, -0.2) is 35.9 Å². The molecule has 1 aromatic heterocycles. The van der Waals surface area contributed by atoms with E-state index < -0.39 is 5.41 Å². The van der Waals surface area contributed by atoms with E-state index in [-0.39, 0.29) is 5.91 Å². The van der Waals surface area contributed by atoms with E-state index in [1.54, 1.807) is 17.3 Å². The van der Waals surface area contributed by atoms with Crippen LogP contribution in [0.15, 0.2) is 24.5 Å². The number of amides is 1. The van der Waals surface area contributed by atoms with Gasteiger partial charge < -0.3 is 10.6 Å². The number of hydrogen-bond acceptors (Lipinski definition) is 3. The first-order valence-corrected chi connectivity index (χ1v) is 6.38. The molecule has 0 fully saturated rings. The van der Waals surface area contributed by atoms with Gasteiger partial charge in [-0.3, -0.25) is 9.78 Å². The number of carbonyl (C=O) groups excluding carboxylic acids is 1. The molecule has 0 bridgehead atoms. The van der Waals surface area contributed by atoms with Gasteiger partial charge >= 0.3 is 0 Å². The molecule has 18 heavy (non-hydrogen) atoms. The smallest absolute Gasteiger partial charge is 0.229 e. The zero-order chi connectivity index (χ0) is 13.6. The molecule has 0 aliphatic carbocycles. The van der Waals surface area contributed by atoms with Crippen LogP contribution in [0.2, 0.25) is 0 Å². The molecular weight excluding hydrogens is 226 g/mol. The maximum Gasteiger partial charge on any atom is 0.229 e. The van der Waals surface area contributed by atoms with Gasteiger partial charge in [0.25, 0.3) is 0 Å². The lowest BCUT2D eigenvalue weighted by molar-refractivity contribution is -0.139. The van der Waals surface area contributed by atoms with E-state index in [0.717, 1.165) is 12.8 Å². The fraction of sp³-hybridized carbons (Fsp3) is 0.571. The van der Waals surface area contributed by atoms with E-state index in [2.05, 4.69) is 4.98 Å². The van der Waals surface area contributed by atoms with Gasteiger partial charge in [-0.2, -0.15) is 0 Å². The number of pyridine rings is 1. The van der Waals surface area contributed by atoms with E-state index >= 15 is 0 Å². The summed E-state index contributed by atoms with van der Waals surface area (Å²) in [5.41, 5.74) is 6.46. The van der Waals surface area contributed by atoms with Gasteiger partial charge in [-0.25, -0.2) is 0 Å². The summed E-state index contributed by atoms with van der Waals surface area (Å²) in [6, 6.07) is 3.94. The number of aromatic nitrogens is 1. The van der Waals surface area contributed by atoms with Crippen molar-refractivity contribution in [2.45, 2.75) is 26.7 Å². The molecule has 4 nitrogen and oxygen atoms in total. The Labute approximate surface area is 109 Å². The third kappa shape index (κ3) is 3.53. The second-order valence-electron chi connectivity index (χ2n) is 4.95. The standard InChI is InChI=1S/C14H23N3O/c1-4-14(2,11-15)13(18)17(3)10-7-12-5-8-16-9-6-12/h5-6,8-9H,4,7,10-11,15H2,1-3H3. The minimum Gasteiger partial charge on any atom is -0.345 e. The van der Waals surface area contributed by atoms with Crippen molar-refractivity contribution in [2.75, 3.05) is 20.1 Å². The van der Waals surface area contributed by atoms with Gasteiger partial charge in [-0.05, 0) is 37.5 Å². The molecule has 0 aliphatic rings. The average molecular weight is 249 g/mol. The largest absolute Gasteiger partial charge is 0.345 e. The molecule has 1 rings (SSSR count). The van der Waals surface area contributed by atoms with Gasteiger partial charge in [0.1, 0.15) is 0 Å². The topological polar surface area (TPSA) is 59.2 Å². The van der Waals surface area contributed by atoms with Crippen molar-refractivity contribution in [1.29, 1.82) is 0 Å². The maximum atomic E-state index is 12.3. The molecule has 100 valence electrons. The highest BCUT2D eigenvalue weighted by molar-refractivity contribution is 5.82. The first-order valence-electron chi connectivity index (χ1n) is 6.38. The zero-order valence-electron chi connectivity index (χ0n) is 11.5. The predicted molar refractivity (Wildman–Crippen MR) is 73.0 cm³/mol. The summed E-state index contributed by atoms with van der Waals surface area (Å²) in [5.74, 6) is 0.126. The molecule has 0 spiro atoms. The van der Waals surface area contributed by atoms with Crippen molar-refractivity contribution >= 4 is 5.91 Å². The first-order chi connectivity index (χ1) is 8.53. The lowest BCUT2D eigenvalue weighted by Crippen LogP contribution is -2.45. The number of likely N-dealkylation sites (N-methyl/N-ethyl adjacent to an activating group) is 1. The Morgan fingerprint density at radius 3 is 2.56 bits per heavy atom. The summed E-state index contributed by atoms with van der Waals surface area (Å²) in [5, 5.41) is 0. The Morgan fingerprint density at radius 2 is 2.06 bits per heavy atom. The van der Waals surface area contributed by atoms with E-state index in [4.69, 9.17) is 5.73 Å². The van der Waals surface area contributed by atoms with Crippen LogP contribution >= 0.6 is 0 Å². The fourth-order valence-electron chi connectivity index (χ4n) is 1.79. The van der Waals surface area contributed by atoms with Crippen LogP contribution < -0.4 is 5.73 Å². The quantitative estimate of drug-likeness (QED) is 0.830. The third-order valence-corrected chi connectivity index (χ3v) is 3.58. The van der Waals surface area contributed by atoms with Crippen molar-refractivity contribution in [3.8, 4) is 0 Å². The normalized spacial score (nSPS) is 14.0. The first kappa shape index (κ1) is 14.6. The molecular formula is C14H23N3O. The Hall–Kier alpha value is -1.42. The summed E-state index contributed by atoms with van der Waals surface area (Å²) in [6.07, 6.45) is 5.15. The fourth-order valence-corrected chi connectivity index (χ4v) is 1.79. The van der Waals surface area contributed by atoms with Crippen LogP contribution in [0.25, 0.3) is 0 Å². The number of carbonyl (C=O) groups is 1. The van der Waals surface area contributed by atoms with Crippen LogP contribution in [0, 0.1) is 5.41 Å². The summed E-state index contributed by atoms with van der Waals surface area (Å²) in [4.78, 5) is 18.0. The molecule has 1 atom stereocenters. The van der Waals surface area contributed by atoms with E-state index in [0.29, 0.717) is 13.1 Å².